The number of hydrogen-bond donors (Lipinski definition) is 2. The normalized spacial score (nSPS) is 26.9. The van der Waals surface area contributed by atoms with Gasteiger partial charge >= 0.3 is 0 Å². The molecule has 0 saturated heterocycles. The summed E-state index contributed by atoms with van der Waals surface area (Å²) in [7, 11) is 0. The van der Waals surface area contributed by atoms with Crippen molar-refractivity contribution >= 4 is 11.3 Å². The van der Waals surface area contributed by atoms with Gasteiger partial charge in [0, 0.05) is 5.54 Å². The Morgan fingerprint density at radius 1 is 1.67 bits per heavy atom. The van der Waals surface area contributed by atoms with Gasteiger partial charge in [-0.15, -0.1) is 0 Å². The van der Waals surface area contributed by atoms with Crippen LogP contribution in [0.2, 0.25) is 0 Å². The standard InChI is InChI=1S/C5H11NO2S/c1-5(3-2-4-5)6-9(7)8/h6H,2-4H2,1H3,(H,7,8). The van der Waals surface area contributed by atoms with Crippen LogP contribution in [0, 0.1) is 0 Å². The van der Waals surface area contributed by atoms with E-state index in [4.69, 9.17) is 4.55 Å². The lowest BCUT2D eigenvalue weighted by atomic mass is 9.80. The van der Waals surface area contributed by atoms with Gasteiger partial charge in [0.15, 0.2) is 0 Å². The minimum atomic E-state index is -1.83. The van der Waals surface area contributed by atoms with Crippen LogP contribution in [0.4, 0.5) is 0 Å². The first kappa shape index (κ1) is 7.18. The maximum Gasteiger partial charge on any atom is 0.232 e. The van der Waals surface area contributed by atoms with Crippen LogP contribution in [-0.4, -0.2) is 14.3 Å². The Morgan fingerprint density at radius 3 is 2.33 bits per heavy atom. The van der Waals surface area contributed by atoms with Gasteiger partial charge < -0.3 is 0 Å². The molecule has 1 aliphatic carbocycles. The zero-order valence-corrected chi connectivity index (χ0v) is 6.20. The van der Waals surface area contributed by atoms with E-state index in [0.29, 0.717) is 0 Å². The molecule has 0 aromatic carbocycles. The first-order valence-corrected chi connectivity index (χ1v) is 4.12. The Morgan fingerprint density at radius 2 is 2.22 bits per heavy atom. The van der Waals surface area contributed by atoms with Crippen molar-refractivity contribution in [3.05, 3.63) is 0 Å². The fraction of sp³-hybridized carbons (Fsp3) is 1.00. The second-order valence-electron chi connectivity index (χ2n) is 2.77. The summed E-state index contributed by atoms with van der Waals surface area (Å²) in [6.07, 6.45) is 3.19. The molecule has 1 fully saturated rings. The number of rotatable bonds is 2. The van der Waals surface area contributed by atoms with Crippen molar-refractivity contribution in [2.75, 3.05) is 0 Å². The number of nitrogens with one attached hydrogen (secondary N) is 1. The van der Waals surface area contributed by atoms with Crippen LogP contribution >= 0.6 is 0 Å². The lowest BCUT2D eigenvalue weighted by molar-refractivity contribution is 0.246. The average molecular weight is 149 g/mol. The zero-order chi connectivity index (χ0) is 6.91. The first-order chi connectivity index (χ1) is 4.12. The van der Waals surface area contributed by atoms with Crippen LogP contribution in [0.5, 0.6) is 0 Å². The van der Waals surface area contributed by atoms with Crippen LogP contribution in [0.3, 0.4) is 0 Å². The van der Waals surface area contributed by atoms with E-state index >= 15 is 0 Å². The molecule has 1 aliphatic rings. The highest BCUT2D eigenvalue weighted by Gasteiger charge is 2.32. The third-order valence-corrected chi connectivity index (χ3v) is 2.46. The molecule has 0 aliphatic heterocycles. The van der Waals surface area contributed by atoms with Crippen molar-refractivity contribution in [1.82, 2.24) is 4.72 Å². The second kappa shape index (κ2) is 2.36. The first-order valence-electron chi connectivity index (χ1n) is 3.01. The predicted molar refractivity (Wildman–Crippen MR) is 36.2 cm³/mol. The van der Waals surface area contributed by atoms with Gasteiger partial charge in [-0.25, -0.2) is 8.93 Å². The van der Waals surface area contributed by atoms with E-state index in [9.17, 15) is 4.21 Å². The van der Waals surface area contributed by atoms with Crippen molar-refractivity contribution in [3.8, 4) is 0 Å². The topological polar surface area (TPSA) is 49.3 Å². The number of hydrogen-bond acceptors (Lipinski definition) is 1. The molecular formula is C5H11NO2S. The highest BCUT2D eigenvalue weighted by atomic mass is 32.2. The van der Waals surface area contributed by atoms with Gasteiger partial charge in [-0.1, -0.05) is 0 Å². The largest absolute Gasteiger partial charge is 0.294 e. The van der Waals surface area contributed by atoms with Gasteiger partial charge in [-0.2, -0.15) is 0 Å². The molecule has 4 heteroatoms. The lowest BCUT2D eigenvalue weighted by Gasteiger charge is -2.37. The molecule has 0 radical (unpaired) electrons. The molecule has 0 heterocycles. The zero-order valence-electron chi connectivity index (χ0n) is 5.39. The van der Waals surface area contributed by atoms with Crippen LogP contribution in [-0.2, 0) is 11.3 Å². The molecular weight excluding hydrogens is 138 g/mol. The Balaban J connectivity index is 2.33. The molecule has 0 amide bonds. The quantitative estimate of drug-likeness (QED) is 0.566. The maximum absolute atomic E-state index is 10.2. The van der Waals surface area contributed by atoms with E-state index in [1.54, 1.807) is 0 Å². The van der Waals surface area contributed by atoms with Crippen molar-refractivity contribution in [1.29, 1.82) is 0 Å². The Hall–Kier alpha value is 0.0700. The minimum Gasteiger partial charge on any atom is -0.294 e. The van der Waals surface area contributed by atoms with Gasteiger partial charge in [0.25, 0.3) is 0 Å². The van der Waals surface area contributed by atoms with Crippen molar-refractivity contribution in [3.63, 3.8) is 0 Å². The average Bonchev–Trinajstić information content (AvgIpc) is 1.60. The molecule has 0 spiro atoms. The highest BCUT2D eigenvalue weighted by molar-refractivity contribution is 7.77. The SMILES string of the molecule is CC1(NS(=O)O)CCC1. The molecule has 1 unspecified atom stereocenters. The van der Waals surface area contributed by atoms with Gasteiger partial charge in [0.05, 0.1) is 0 Å². The molecule has 0 aromatic rings. The molecule has 1 atom stereocenters. The maximum atomic E-state index is 10.2. The summed E-state index contributed by atoms with van der Waals surface area (Å²) in [6, 6.07) is 0. The van der Waals surface area contributed by atoms with Crippen LogP contribution in [0.15, 0.2) is 0 Å². The summed E-state index contributed by atoms with van der Waals surface area (Å²) in [4.78, 5) is 0. The van der Waals surface area contributed by atoms with Crippen molar-refractivity contribution < 1.29 is 8.76 Å². The fourth-order valence-electron chi connectivity index (χ4n) is 1.02. The summed E-state index contributed by atoms with van der Waals surface area (Å²) >= 11 is -1.83. The van der Waals surface area contributed by atoms with E-state index in [2.05, 4.69) is 4.72 Å². The Labute approximate surface area is 57.3 Å². The molecule has 3 nitrogen and oxygen atoms in total. The van der Waals surface area contributed by atoms with Gasteiger partial charge in [0.1, 0.15) is 0 Å². The Bertz CT molecular complexity index is 133. The second-order valence-corrected chi connectivity index (χ2v) is 3.47. The van der Waals surface area contributed by atoms with Gasteiger partial charge in [-0.3, -0.25) is 4.55 Å². The van der Waals surface area contributed by atoms with Crippen LogP contribution < -0.4 is 4.72 Å². The van der Waals surface area contributed by atoms with E-state index < -0.39 is 11.3 Å². The highest BCUT2D eigenvalue weighted by Crippen LogP contribution is 2.30. The predicted octanol–water partition coefficient (Wildman–Crippen LogP) is 0.655. The summed E-state index contributed by atoms with van der Waals surface area (Å²) in [6.45, 7) is 1.96. The molecule has 0 aromatic heterocycles. The monoisotopic (exact) mass is 149 g/mol. The molecule has 9 heavy (non-hydrogen) atoms. The molecule has 2 N–H and O–H groups in total. The van der Waals surface area contributed by atoms with Crippen molar-refractivity contribution in [2.45, 2.75) is 31.7 Å². The van der Waals surface area contributed by atoms with E-state index in [1.165, 1.54) is 6.42 Å². The van der Waals surface area contributed by atoms with E-state index in [-0.39, 0.29) is 5.54 Å². The molecule has 0 bridgehead atoms. The van der Waals surface area contributed by atoms with E-state index in [0.717, 1.165) is 12.8 Å². The lowest BCUT2D eigenvalue weighted by Crippen LogP contribution is -2.48. The third kappa shape index (κ3) is 1.74. The summed E-state index contributed by atoms with van der Waals surface area (Å²) in [5.74, 6) is 0. The van der Waals surface area contributed by atoms with Crippen LogP contribution in [0.1, 0.15) is 26.2 Å². The summed E-state index contributed by atoms with van der Waals surface area (Å²) in [5, 5.41) is 0. The molecule has 54 valence electrons. The summed E-state index contributed by atoms with van der Waals surface area (Å²) < 4.78 is 21.2. The fourth-order valence-corrected chi connectivity index (χ4v) is 1.65. The van der Waals surface area contributed by atoms with Gasteiger partial charge in [-0.05, 0) is 26.2 Å². The van der Waals surface area contributed by atoms with E-state index in [1.807, 2.05) is 6.92 Å². The molecule has 1 rings (SSSR count). The molecule has 1 saturated carbocycles. The smallest absolute Gasteiger partial charge is 0.232 e. The third-order valence-electron chi connectivity index (χ3n) is 1.79. The summed E-state index contributed by atoms with van der Waals surface area (Å²) in [5.41, 5.74) is -0.0559. The van der Waals surface area contributed by atoms with Gasteiger partial charge in [0.2, 0.25) is 11.3 Å². The van der Waals surface area contributed by atoms with Crippen LogP contribution in [0.25, 0.3) is 0 Å². The van der Waals surface area contributed by atoms with Crippen molar-refractivity contribution in [2.24, 2.45) is 0 Å². The Kier molecular flexibility index (Phi) is 1.88. The minimum absolute atomic E-state index is 0.0559.